The van der Waals surface area contributed by atoms with Crippen molar-refractivity contribution in [3.05, 3.63) is 17.0 Å². The zero-order valence-electron chi connectivity index (χ0n) is 10.9. The van der Waals surface area contributed by atoms with Crippen molar-refractivity contribution >= 4 is 5.91 Å². The van der Waals surface area contributed by atoms with Crippen LogP contribution in [0.4, 0.5) is 0 Å². The zero-order valence-corrected chi connectivity index (χ0v) is 10.9. The number of rotatable bonds is 2. The highest BCUT2D eigenvalue weighted by Crippen LogP contribution is 2.28. The molecule has 1 aromatic heterocycles. The molecule has 0 bridgehead atoms. The second-order valence-corrected chi connectivity index (χ2v) is 5.34. The molecule has 1 aromatic rings. The first kappa shape index (κ1) is 11.7. The largest absolute Gasteiger partial charge is 0.361 e. The molecule has 0 radical (unpaired) electrons. The predicted octanol–water partition coefficient (Wildman–Crippen LogP) is 1.14. The minimum Gasteiger partial charge on any atom is -0.361 e. The third-order valence-electron chi connectivity index (χ3n) is 4.22. The highest BCUT2D eigenvalue weighted by Gasteiger charge is 2.38. The third-order valence-corrected chi connectivity index (χ3v) is 4.22. The Bertz CT molecular complexity index is 449. The average molecular weight is 249 g/mol. The Hall–Kier alpha value is -1.36. The summed E-state index contributed by atoms with van der Waals surface area (Å²) in [6.07, 6.45) is 2.68. The first-order valence-corrected chi connectivity index (χ1v) is 6.60. The molecule has 2 atom stereocenters. The number of carbonyl (C=O) groups is 1. The van der Waals surface area contributed by atoms with Gasteiger partial charge in [-0.1, -0.05) is 5.16 Å². The van der Waals surface area contributed by atoms with E-state index in [0.717, 1.165) is 37.4 Å². The van der Waals surface area contributed by atoms with E-state index in [-0.39, 0.29) is 5.91 Å². The Balaban J connectivity index is 1.73. The van der Waals surface area contributed by atoms with Crippen LogP contribution in [0, 0.1) is 13.8 Å². The van der Waals surface area contributed by atoms with Gasteiger partial charge in [0.25, 0.3) is 0 Å². The van der Waals surface area contributed by atoms with Crippen molar-refractivity contribution in [1.29, 1.82) is 0 Å². The lowest BCUT2D eigenvalue weighted by Crippen LogP contribution is -2.49. The molecule has 2 saturated heterocycles. The summed E-state index contributed by atoms with van der Waals surface area (Å²) in [4.78, 5) is 13.8. The van der Waals surface area contributed by atoms with Crippen molar-refractivity contribution in [2.75, 3.05) is 6.54 Å². The Morgan fingerprint density at radius 3 is 3.00 bits per heavy atom. The van der Waals surface area contributed by atoms with E-state index in [1.165, 1.54) is 5.56 Å². The van der Waals surface area contributed by atoms with Gasteiger partial charge in [0.15, 0.2) is 0 Å². The topological polar surface area (TPSA) is 58.4 Å². The van der Waals surface area contributed by atoms with E-state index in [0.29, 0.717) is 18.5 Å². The number of likely N-dealkylation sites (tertiary alicyclic amines) is 1. The molecule has 1 N–H and O–H groups in total. The van der Waals surface area contributed by atoms with Gasteiger partial charge in [-0.25, -0.2) is 0 Å². The van der Waals surface area contributed by atoms with Crippen molar-refractivity contribution in [3.8, 4) is 0 Å². The van der Waals surface area contributed by atoms with Crippen molar-refractivity contribution in [2.24, 2.45) is 0 Å². The summed E-state index contributed by atoms with van der Waals surface area (Å²) < 4.78 is 5.21. The van der Waals surface area contributed by atoms with E-state index in [4.69, 9.17) is 4.52 Å². The number of fused-ring (bicyclic) bond motifs is 1. The first-order chi connectivity index (χ1) is 8.65. The molecule has 5 nitrogen and oxygen atoms in total. The van der Waals surface area contributed by atoms with Crippen LogP contribution < -0.4 is 5.32 Å². The molecule has 18 heavy (non-hydrogen) atoms. The van der Waals surface area contributed by atoms with E-state index in [2.05, 4.69) is 15.4 Å². The fourth-order valence-corrected chi connectivity index (χ4v) is 3.15. The van der Waals surface area contributed by atoms with Crippen LogP contribution >= 0.6 is 0 Å². The summed E-state index contributed by atoms with van der Waals surface area (Å²) >= 11 is 0. The van der Waals surface area contributed by atoms with E-state index in [1.807, 2.05) is 13.8 Å². The summed E-state index contributed by atoms with van der Waals surface area (Å²) in [6.45, 7) is 5.88. The van der Waals surface area contributed by atoms with Gasteiger partial charge in [0.1, 0.15) is 5.76 Å². The number of aryl methyl sites for hydroxylation is 2. The molecule has 2 aliphatic heterocycles. The molecule has 3 heterocycles. The van der Waals surface area contributed by atoms with Gasteiger partial charge in [-0.2, -0.15) is 0 Å². The normalized spacial score (nSPS) is 28.2. The Morgan fingerprint density at radius 1 is 1.44 bits per heavy atom. The van der Waals surface area contributed by atoms with E-state index in [1.54, 1.807) is 0 Å². The highest BCUT2D eigenvalue weighted by molar-refractivity contribution is 5.77. The Morgan fingerprint density at radius 2 is 2.28 bits per heavy atom. The minimum absolute atomic E-state index is 0.204. The summed E-state index contributed by atoms with van der Waals surface area (Å²) in [5.74, 6) is 1.12. The number of piperidine rings is 1. The molecule has 3 rings (SSSR count). The highest BCUT2D eigenvalue weighted by atomic mass is 16.5. The van der Waals surface area contributed by atoms with Crippen molar-refractivity contribution in [2.45, 2.75) is 51.7 Å². The number of nitrogens with one attached hydrogen (secondary N) is 1. The maximum Gasteiger partial charge on any atom is 0.220 e. The fourth-order valence-electron chi connectivity index (χ4n) is 3.15. The molecule has 0 aliphatic carbocycles. The van der Waals surface area contributed by atoms with Crippen LogP contribution in [-0.2, 0) is 11.3 Å². The number of nitrogens with zero attached hydrogens (tertiary/aromatic N) is 2. The van der Waals surface area contributed by atoms with Crippen molar-refractivity contribution < 1.29 is 9.32 Å². The molecule has 0 saturated carbocycles. The third kappa shape index (κ3) is 1.92. The predicted molar refractivity (Wildman–Crippen MR) is 66.0 cm³/mol. The lowest BCUT2D eigenvalue weighted by atomic mass is 9.98. The van der Waals surface area contributed by atoms with Crippen LogP contribution in [0.3, 0.4) is 0 Å². The van der Waals surface area contributed by atoms with Gasteiger partial charge < -0.3 is 9.84 Å². The van der Waals surface area contributed by atoms with Crippen molar-refractivity contribution in [3.63, 3.8) is 0 Å². The quantitative estimate of drug-likeness (QED) is 0.854. The number of hydrogen-bond acceptors (Lipinski definition) is 4. The van der Waals surface area contributed by atoms with Crippen LogP contribution in [0.1, 0.15) is 36.3 Å². The Kier molecular flexibility index (Phi) is 2.86. The van der Waals surface area contributed by atoms with Gasteiger partial charge in [0.05, 0.1) is 5.69 Å². The molecular weight excluding hydrogens is 230 g/mol. The molecule has 2 aliphatic rings. The maximum atomic E-state index is 11.4. The first-order valence-electron chi connectivity index (χ1n) is 6.60. The molecule has 98 valence electrons. The lowest BCUT2D eigenvalue weighted by molar-refractivity contribution is -0.124. The SMILES string of the molecule is Cc1noc(C)c1CN1CC[C@H]2NC(=O)CC[C@@H]21. The smallest absolute Gasteiger partial charge is 0.220 e. The lowest BCUT2D eigenvalue weighted by Gasteiger charge is -2.31. The number of hydrogen-bond donors (Lipinski definition) is 1. The monoisotopic (exact) mass is 249 g/mol. The van der Waals surface area contributed by atoms with Crippen LogP contribution in [0.15, 0.2) is 4.52 Å². The van der Waals surface area contributed by atoms with Crippen LogP contribution in [0.5, 0.6) is 0 Å². The van der Waals surface area contributed by atoms with Gasteiger partial charge in [-0.15, -0.1) is 0 Å². The zero-order chi connectivity index (χ0) is 12.7. The van der Waals surface area contributed by atoms with Gasteiger partial charge in [0.2, 0.25) is 5.91 Å². The van der Waals surface area contributed by atoms with Gasteiger partial charge in [-0.3, -0.25) is 9.69 Å². The van der Waals surface area contributed by atoms with Gasteiger partial charge in [-0.05, 0) is 26.7 Å². The number of carbonyl (C=O) groups excluding carboxylic acids is 1. The summed E-state index contributed by atoms with van der Waals surface area (Å²) in [5, 5.41) is 7.10. The van der Waals surface area contributed by atoms with E-state index < -0.39 is 0 Å². The number of aromatic nitrogens is 1. The molecule has 2 fully saturated rings. The minimum atomic E-state index is 0.204. The molecule has 5 heteroatoms. The van der Waals surface area contributed by atoms with Crippen LogP contribution in [0.2, 0.25) is 0 Å². The van der Waals surface area contributed by atoms with Gasteiger partial charge >= 0.3 is 0 Å². The van der Waals surface area contributed by atoms with Gasteiger partial charge in [0, 0.05) is 37.2 Å². The average Bonchev–Trinajstić information content (AvgIpc) is 2.87. The summed E-state index contributed by atoms with van der Waals surface area (Å²) in [5.41, 5.74) is 2.18. The second kappa shape index (κ2) is 4.39. The molecule has 0 unspecified atom stereocenters. The fraction of sp³-hybridized carbons (Fsp3) is 0.692. The summed E-state index contributed by atoms with van der Waals surface area (Å²) in [7, 11) is 0. The van der Waals surface area contributed by atoms with Crippen LogP contribution in [0.25, 0.3) is 0 Å². The molecular formula is C13H19N3O2. The van der Waals surface area contributed by atoms with E-state index >= 15 is 0 Å². The maximum absolute atomic E-state index is 11.4. The van der Waals surface area contributed by atoms with Crippen molar-refractivity contribution in [1.82, 2.24) is 15.4 Å². The Labute approximate surface area is 107 Å². The molecule has 0 aromatic carbocycles. The molecule has 0 spiro atoms. The summed E-state index contributed by atoms with van der Waals surface area (Å²) in [6, 6.07) is 0.822. The van der Waals surface area contributed by atoms with E-state index in [9.17, 15) is 4.79 Å². The number of amides is 1. The molecule has 1 amide bonds. The second-order valence-electron chi connectivity index (χ2n) is 5.34. The standard InChI is InChI=1S/C13H19N3O2/c1-8-10(9(2)18-15-8)7-16-6-5-11-12(16)3-4-13(17)14-11/h11-12H,3-7H2,1-2H3,(H,14,17)/t11-,12+/m1/s1. The van der Waals surface area contributed by atoms with Crippen LogP contribution in [-0.4, -0.2) is 34.6 Å².